The monoisotopic (exact) mass is 1630 g/mol. The number of nitrogens with two attached hydrogens (primary N) is 1. The number of aliphatic hydroxyl groups is 19. The lowest BCUT2D eigenvalue weighted by Crippen LogP contribution is -2.68. The van der Waals surface area contributed by atoms with Gasteiger partial charge in [0, 0.05) is 51.6 Å². The normalized spacial score (nSPS) is 44.0. The van der Waals surface area contributed by atoms with Crippen molar-refractivity contribution in [2.24, 2.45) is 5.73 Å². The van der Waals surface area contributed by atoms with Gasteiger partial charge in [0.1, 0.15) is 169 Å². The minimum absolute atomic E-state index is 0.0297. The van der Waals surface area contributed by atoms with Crippen LogP contribution in [0.3, 0.4) is 0 Å². The lowest BCUT2D eigenvalue weighted by atomic mass is 9.95. The Morgan fingerprint density at radius 3 is 1.02 bits per heavy atom. The number of Topliss-reactive ketones (excluding diaryl/α,β-unsaturated/α-hetero) is 1. The summed E-state index contributed by atoms with van der Waals surface area (Å²) in [6, 6.07) is 4.85. The number of aliphatic hydroxyl groups excluding tert-OH is 19. The maximum atomic E-state index is 13.6. The highest BCUT2D eigenvalue weighted by Crippen LogP contribution is 2.41. The second kappa shape index (κ2) is 38.4. The van der Waals surface area contributed by atoms with Gasteiger partial charge < -0.3 is 180 Å². The zero-order valence-electron chi connectivity index (χ0n) is 58.7. The lowest BCUT2D eigenvalue weighted by Gasteiger charge is -2.50. The molecule has 36 atom stereocenters. The molecule has 1 aromatic carbocycles. The van der Waals surface area contributed by atoms with Crippen molar-refractivity contribution in [2.45, 2.75) is 285 Å². The fourth-order valence-corrected chi connectivity index (χ4v) is 18.0. The van der Waals surface area contributed by atoms with Gasteiger partial charge in [0.2, 0.25) is 0 Å². The number of hydrogen-bond donors (Lipinski definition) is 22. The molecule has 24 aliphatic rings. The number of carbonyl (C=O) groups excluding carboxylic acids is 1. The summed E-state index contributed by atoms with van der Waals surface area (Å²) in [4.78, 5) is 23.3. The smallest absolute Gasteiger partial charge is 0.187 e. The van der Waals surface area contributed by atoms with Crippen LogP contribution in [-0.2, 0) is 102 Å². The van der Waals surface area contributed by atoms with Crippen LogP contribution < -0.4 is 16.4 Å². The molecule has 24 aliphatic heterocycles. The van der Waals surface area contributed by atoms with Crippen LogP contribution in [0.5, 0.6) is 0 Å². The minimum atomic E-state index is -2.22. The molecule has 26 heterocycles. The first-order valence-corrected chi connectivity index (χ1v) is 40.1. The van der Waals surface area contributed by atoms with E-state index >= 15 is 0 Å². The Morgan fingerprint density at radius 2 is 0.716 bits per heavy atom. The van der Waals surface area contributed by atoms with E-state index in [0.29, 0.717) is 44.8 Å². The Bertz CT molecular complexity index is 3290. The molecule has 39 nitrogen and oxygen atoms in total. The highest BCUT2D eigenvalue weighted by atomic mass is 32.2. The third-order valence-corrected chi connectivity index (χ3v) is 24.4. The van der Waals surface area contributed by atoms with Gasteiger partial charge in [0.15, 0.2) is 49.8 Å². The molecule has 21 fully saturated rings. The molecule has 0 spiro atoms. The quantitative estimate of drug-likeness (QED) is 0.0749. The Balaban J connectivity index is 0.906. The molecule has 0 saturated carbocycles. The summed E-state index contributed by atoms with van der Waals surface area (Å²) in [5.74, 6) is -0.230. The second-order valence-corrected chi connectivity index (χ2v) is 32.1. The Kier molecular flexibility index (Phi) is 30.1. The summed E-state index contributed by atoms with van der Waals surface area (Å²) in [5.41, 5.74) is 9.44. The summed E-state index contributed by atoms with van der Waals surface area (Å²) in [6.45, 7) is -2.72. The van der Waals surface area contributed by atoms with Crippen molar-refractivity contribution >= 4 is 63.4 Å². The predicted octanol–water partition coefficient (Wildman–Crippen LogP) is -7.88. The maximum Gasteiger partial charge on any atom is 0.187 e. The van der Waals surface area contributed by atoms with Gasteiger partial charge in [-0.3, -0.25) is 4.79 Å². The van der Waals surface area contributed by atoms with E-state index in [1.807, 2.05) is 18.2 Å². The predicted molar refractivity (Wildman–Crippen MR) is 373 cm³/mol. The van der Waals surface area contributed by atoms with Gasteiger partial charge in [0.25, 0.3) is 0 Å². The van der Waals surface area contributed by atoms with Crippen LogP contribution >= 0.6 is 46.2 Å². The molecule has 109 heavy (non-hydrogen) atoms. The van der Waals surface area contributed by atoms with Crippen LogP contribution in [-0.4, -0.2) is 378 Å². The van der Waals surface area contributed by atoms with E-state index in [1.165, 1.54) is 22.7 Å². The molecule has 43 heteroatoms. The first kappa shape index (κ1) is 85.5. The van der Waals surface area contributed by atoms with Gasteiger partial charge >= 0.3 is 0 Å². The van der Waals surface area contributed by atoms with Crippen LogP contribution in [0.4, 0.5) is 11.4 Å². The van der Waals surface area contributed by atoms with Crippen molar-refractivity contribution in [3.05, 3.63) is 55.9 Å². The lowest BCUT2D eigenvalue weighted by molar-refractivity contribution is -0.395. The van der Waals surface area contributed by atoms with Crippen molar-refractivity contribution in [3.63, 3.8) is 0 Å². The zero-order chi connectivity index (χ0) is 77.8. The third kappa shape index (κ3) is 19.4. The summed E-state index contributed by atoms with van der Waals surface area (Å²) in [7, 11) is 0. The first-order valence-electron chi connectivity index (χ1n) is 36.0. The van der Waals surface area contributed by atoms with E-state index in [2.05, 4.69) is 17.6 Å². The summed E-state index contributed by atoms with van der Waals surface area (Å²) < 4.78 is 84.7. The van der Waals surface area contributed by atoms with Crippen LogP contribution in [0.25, 0.3) is 0 Å². The summed E-state index contributed by atoms with van der Waals surface area (Å²) >= 11 is 4.96. The van der Waals surface area contributed by atoms with Crippen molar-refractivity contribution in [3.8, 4) is 0 Å². The molecule has 21 unspecified atom stereocenters. The van der Waals surface area contributed by atoms with Gasteiger partial charge in [-0.2, -0.15) is 23.5 Å². The first-order chi connectivity index (χ1) is 52.3. The fraction of sp³-hybridized carbons (Fsp3) is 0.803. The number of aromatic nitrogens is 2. The van der Waals surface area contributed by atoms with E-state index < -0.39 is 254 Å². The molecule has 23 N–H and O–H groups in total. The van der Waals surface area contributed by atoms with Gasteiger partial charge in [-0.05, 0) is 30.2 Å². The number of ether oxygens (including phenoxy) is 14. The van der Waals surface area contributed by atoms with Gasteiger partial charge in [-0.15, -0.1) is 22.7 Å². The maximum absolute atomic E-state index is 13.6. The SMILES string of the molecule is CCCCC[C@H](N)C(=O)Cc1cc2cc(c1)NCc1nc(cs1)CSCC1O[C@@H]3O[C@@H]4C(CO)O[C@H](O[C@@H]5C(CO)O[C@H](O[C@@H]6C(CO)O[C@H](O[C@@H]7C(CSCc8csc(n8)CN2)O[C@H](O[C@@H]2C(CO)O[C@H](O[C@@H]8C(CO)O[C@H](O[C@H]1C(O)C3O)C(O)C8O)C(O)C2O)C(O)C7O)C(O)C6O)C(O)C5O)C(O)C4O. The number of benzene rings is 1. The number of unbranched alkanes of at least 4 members (excludes halogenated alkanes) is 2. The van der Waals surface area contributed by atoms with Crippen LogP contribution in [0.1, 0.15) is 59.6 Å². The van der Waals surface area contributed by atoms with E-state index in [4.69, 9.17) is 82.0 Å². The number of thiazole rings is 2. The molecule has 0 amide bonds. The van der Waals surface area contributed by atoms with E-state index in [9.17, 15) is 102 Å². The molecule has 0 aliphatic carbocycles. The number of rotatable bonds is 12. The van der Waals surface area contributed by atoms with Crippen molar-refractivity contribution in [1.82, 2.24) is 9.97 Å². The zero-order valence-corrected chi connectivity index (χ0v) is 62.0. The highest BCUT2D eigenvalue weighted by Gasteiger charge is 2.60. The number of ketones is 1. The van der Waals surface area contributed by atoms with Gasteiger partial charge in [-0.1, -0.05) is 26.2 Å². The number of carbonyl (C=O) groups is 1. The Hall–Kier alpha value is -2.91. The third-order valence-electron chi connectivity index (χ3n) is 20.5. The summed E-state index contributed by atoms with van der Waals surface area (Å²) in [5, 5.41) is 232. The highest BCUT2D eigenvalue weighted by molar-refractivity contribution is 7.98. The molecule has 3 aromatic rings. The number of hydrogen-bond acceptors (Lipinski definition) is 43. The van der Waals surface area contributed by atoms with Crippen LogP contribution in [0.15, 0.2) is 29.0 Å². The number of nitrogens with zero attached hydrogens (tertiary/aromatic N) is 2. The average Bonchev–Trinajstić information content (AvgIpc) is 1.01. The Labute approximate surface area is 639 Å². The topological polar surface area (TPSA) is 607 Å². The number of nitrogens with one attached hydrogen (secondary N) is 2. The number of anilines is 2. The molecule has 27 rings (SSSR count). The van der Waals surface area contributed by atoms with Crippen molar-refractivity contribution < 1.29 is 168 Å². The van der Waals surface area contributed by atoms with Crippen molar-refractivity contribution in [2.75, 3.05) is 55.2 Å². The molecular formula is C66H99N5O34S4. The minimum Gasteiger partial charge on any atom is -0.394 e. The van der Waals surface area contributed by atoms with E-state index in [-0.39, 0.29) is 48.3 Å². The molecule has 0 radical (unpaired) electrons. The standard InChI is InChI=1S/C66H99N5O34S4/c1-2-3-4-5-28(67)29(77)8-23-6-24-9-25(7-23)69-11-38-71-27(20-109-38)18-107-22-36-59-44(83)51(90)65(97-36)102-56-33(15-75)93-61(47(86)40(56)79)99-53-30(12-72)92-60(46(85)39(53)78)100-54-31(13-73)95-63(49(88)42(54)81)104-58-35(21-106-17-26-19-108-37(70-26)10-68-24)98-66(52(91)45(58)84)103-57-34(16-76)94-62(48(87)41(57)80)101-55-32(14-74)96-64(105-59)50(89)43(55)82/h6-7,9,19-20,28,30-36,39-66,68-69,72-76,78-91H,2-5,8,10-18,21-22,67H2,1H3/t28-,30?,31?,32?,33?,34?,35?,36?,39?,40?,41?,42?,43?,44?,45?,46?,47?,48?,49?,50?,51?,52?,53+,54+,55+,56+,57+,58+,59+,60+,61+,62+,63+,64+,65+,66+/m0/s1. The summed E-state index contributed by atoms with van der Waals surface area (Å²) in [6.07, 6.45) is -66.2. The van der Waals surface area contributed by atoms with Crippen LogP contribution in [0.2, 0.25) is 0 Å². The molecule has 21 saturated heterocycles. The van der Waals surface area contributed by atoms with Gasteiger partial charge in [0.05, 0.1) is 75.8 Å². The fourth-order valence-electron chi connectivity index (χ4n) is 14.4. The number of thioether (sulfide) groups is 2. The van der Waals surface area contributed by atoms with Crippen molar-refractivity contribution in [1.29, 1.82) is 0 Å². The molecule has 616 valence electrons. The van der Waals surface area contributed by atoms with E-state index in [0.717, 1.165) is 42.8 Å². The largest absolute Gasteiger partial charge is 0.394 e. The molecule has 22 bridgehead atoms. The average molecular weight is 1630 g/mol. The molecular weight excluding hydrogens is 1530 g/mol. The van der Waals surface area contributed by atoms with Crippen LogP contribution in [0, 0.1) is 0 Å². The second-order valence-electron chi connectivity index (χ2n) is 28.2. The van der Waals surface area contributed by atoms with E-state index in [1.54, 1.807) is 10.8 Å². The Morgan fingerprint density at radius 1 is 0.422 bits per heavy atom. The molecule has 2 aromatic heterocycles. The van der Waals surface area contributed by atoms with Gasteiger partial charge in [-0.25, -0.2) is 9.97 Å².